The number of thiophene rings is 1. The summed E-state index contributed by atoms with van der Waals surface area (Å²) < 4.78 is 0. The highest BCUT2D eigenvalue weighted by molar-refractivity contribution is 7.17. The second-order valence-corrected chi connectivity index (χ2v) is 7.91. The van der Waals surface area contributed by atoms with Crippen LogP contribution in [0.2, 0.25) is 0 Å². The van der Waals surface area contributed by atoms with E-state index in [0.29, 0.717) is 22.0 Å². The number of nitro groups is 1. The van der Waals surface area contributed by atoms with Crippen molar-refractivity contribution < 1.29 is 14.5 Å². The van der Waals surface area contributed by atoms with Gasteiger partial charge in [-0.15, -0.1) is 11.3 Å². The Morgan fingerprint density at radius 1 is 1.29 bits per heavy atom. The summed E-state index contributed by atoms with van der Waals surface area (Å²) in [6.45, 7) is 2.19. The summed E-state index contributed by atoms with van der Waals surface area (Å²) in [5, 5.41) is 16.7. The summed E-state index contributed by atoms with van der Waals surface area (Å²) >= 11 is 1.46. The molecule has 1 aliphatic rings. The fourth-order valence-electron chi connectivity index (χ4n) is 3.24. The number of hydrogen-bond acceptors (Lipinski definition) is 5. The third-order valence-corrected chi connectivity index (χ3v) is 5.90. The van der Waals surface area contributed by atoms with E-state index in [1.807, 2.05) is 0 Å². The highest BCUT2D eigenvalue weighted by Gasteiger charge is 2.27. The van der Waals surface area contributed by atoms with E-state index in [-0.39, 0.29) is 17.5 Å². The molecule has 0 bridgehead atoms. The van der Waals surface area contributed by atoms with E-state index < -0.39 is 4.92 Å². The molecular weight excluding hydrogens is 378 g/mol. The first-order valence-electron chi connectivity index (χ1n) is 8.99. The first-order chi connectivity index (χ1) is 13.4. The molecule has 1 aromatic carbocycles. The lowest BCUT2D eigenvalue weighted by molar-refractivity contribution is -0.384. The van der Waals surface area contributed by atoms with Crippen molar-refractivity contribution in [1.29, 1.82) is 0 Å². The van der Waals surface area contributed by atoms with Crippen LogP contribution in [0.3, 0.4) is 0 Å². The maximum absolute atomic E-state index is 12.4. The standard InChI is InChI=1S/C20H21N3O4S/c1-12-3-9-15-16(11-12)28-20(18(15)19(25)21-2)22-17(24)10-6-13-4-7-14(8-5-13)23(26)27/h4-8,10,12H,3,9,11H2,1-2H3,(H,21,25)(H,22,24)/b10-6-/t12-/m0/s1. The summed E-state index contributed by atoms with van der Waals surface area (Å²) in [5.74, 6) is 0.0196. The molecule has 146 valence electrons. The lowest BCUT2D eigenvalue weighted by Gasteiger charge is -2.18. The first-order valence-corrected chi connectivity index (χ1v) is 9.80. The van der Waals surface area contributed by atoms with E-state index >= 15 is 0 Å². The van der Waals surface area contributed by atoms with Gasteiger partial charge in [-0.2, -0.15) is 0 Å². The topological polar surface area (TPSA) is 101 Å². The number of nitro benzene ring substituents is 1. The molecule has 1 aliphatic carbocycles. The molecule has 2 N–H and O–H groups in total. The van der Waals surface area contributed by atoms with E-state index in [9.17, 15) is 19.7 Å². The number of nitrogens with zero attached hydrogens (tertiary/aromatic N) is 1. The van der Waals surface area contributed by atoms with Crippen molar-refractivity contribution in [2.75, 3.05) is 12.4 Å². The lowest BCUT2D eigenvalue weighted by atomic mass is 9.88. The van der Waals surface area contributed by atoms with Gasteiger partial charge in [0.15, 0.2) is 0 Å². The number of non-ortho nitro benzene ring substituents is 1. The fourth-order valence-corrected chi connectivity index (χ4v) is 4.65. The second kappa shape index (κ2) is 8.35. The SMILES string of the molecule is CNC(=O)c1c(NC(=O)/C=C\c2ccc([N+](=O)[O-])cc2)sc2c1CC[C@H](C)C2. The van der Waals surface area contributed by atoms with E-state index in [0.717, 1.165) is 29.7 Å². The Bertz CT molecular complexity index is 947. The smallest absolute Gasteiger partial charge is 0.269 e. The first kappa shape index (κ1) is 19.8. The number of benzene rings is 1. The highest BCUT2D eigenvalue weighted by atomic mass is 32.1. The van der Waals surface area contributed by atoms with Gasteiger partial charge in [0.25, 0.3) is 11.6 Å². The van der Waals surface area contributed by atoms with E-state index in [2.05, 4.69) is 17.6 Å². The average Bonchev–Trinajstić information content (AvgIpc) is 3.02. The van der Waals surface area contributed by atoms with Gasteiger partial charge in [-0.05, 0) is 54.5 Å². The average molecular weight is 399 g/mol. The van der Waals surface area contributed by atoms with Crippen molar-refractivity contribution >= 4 is 39.9 Å². The Labute approximate surface area is 166 Å². The molecule has 1 aromatic heterocycles. The third kappa shape index (κ3) is 4.28. The van der Waals surface area contributed by atoms with Gasteiger partial charge in [0.2, 0.25) is 5.91 Å². The molecule has 0 spiro atoms. The number of nitrogens with one attached hydrogen (secondary N) is 2. The minimum absolute atomic E-state index is 0.00443. The monoisotopic (exact) mass is 399 g/mol. The van der Waals surface area contributed by atoms with Gasteiger partial charge in [0, 0.05) is 30.1 Å². The zero-order valence-corrected chi connectivity index (χ0v) is 16.5. The van der Waals surface area contributed by atoms with Crippen LogP contribution in [0.5, 0.6) is 0 Å². The molecular formula is C20H21N3O4S. The van der Waals surface area contributed by atoms with Gasteiger partial charge in [-0.3, -0.25) is 19.7 Å². The Morgan fingerprint density at radius 2 is 2.00 bits per heavy atom. The lowest BCUT2D eigenvalue weighted by Crippen LogP contribution is -2.22. The van der Waals surface area contributed by atoms with Gasteiger partial charge in [-0.25, -0.2) is 0 Å². The van der Waals surface area contributed by atoms with E-state index in [4.69, 9.17) is 0 Å². The molecule has 3 rings (SSSR count). The minimum atomic E-state index is -0.472. The largest absolute Gasteiger partial charge is 0.355 e. The predicted molar refractivity (Wildman–Crippen MR) is 110 cm³/mol. The van der Waals surface area contributed by atoms with Crippen LogP contribution in [0, 0.1) is 16.0 Å². The Hall–Kier alpha value is -3.00. The molecule has 0 aliphatic heterocycles. The summed E-state index contributed by atoms with van der Waals surface area (Å²) in [5.41, 5.74) is 2.27. The van der Waals surface area contributed by atoms with Crippen LogP contribution in [0.4, 0.5) is 10.7 Å². The number of amides is 2. The summed E-state index contributed by atoms with van der Waals surface area (Å²) in [4.78, 5) is 36.1. The van der Waals surface area contributed by atoms with Gasteiger partial charge in [-0.1, -0.05) is 6.92 Å². The van der Waals surface area contributed by atoms with Crippen LogP contribution in [0.1, 0.15) is 39.7 Å². The van der Waals surface area contributed by atoms with Crippen molar-refractivity contribution in [3.8, 4) is 0 Å². The molecule has 2 amide bonds. The van der Waals surface area contributed by atoms with Gasteiger partial charge in [0.05, 0.1) is 10.5 Å². The molecule has 0 fully saturated rings. The van der Waals surface area contributed by atoms with Crippen molar-refractivity contribution in [2.24, 2.45) is 5.92 Å². The Kier molecular flexibility index (Phi) is 5.89. The predicted octanol–water partition coefficient (Wildman–Crippen LogP) is 3.79. The summed E-state index contributed by atoms with van der Waals surface area (Å²) in [6.07, 6.45) is 5.72. The molecule has 2 aromatic rings. The quantitative estimate of drug-likeness (QED) is 0.454. The van der Waals surface area contributed by atoms with Gasteiger partial charge >= 0.3 is 0 Å². The van der Waals surface area contributed by atoms with Gasteiger partial charge in [0.1, 0.15) is 5.00 Å². The van der Waals surface area contributed by atoms with Crippen LogP contribution in [0.15, 0.2) is 30.3 Å². The number of anilines is 1. The number of hydrogen-bond donors (Lipinski definition) is 2. The number of rotatable bonds is 5. The zero-order valence-electron chi connectivity index (χ0n) is 15.7. The van der Waals surface area contributed by atoms with E-state index in [1.165, 1.54) is 29.5 Å². The molecule has 0 radical (unpaired) electrons. The highest BCUT2D eigenvalue weighted by Crippen LogP contribution is 2.39. The molecule has 8 heteroatoms. The second-order valence-electron chi connectivity index (χ2n) is 6.81. The van der Waals surface area contributed by atoms with Crippen LogP contribution in [0.25, 0.3) is 6.08 Å². The van der Waals surface area contributed by atoms with Crippen molar-refractivity contribution in [3.05, 3.63) is 62.0 Å². The number of carbonyl (C=O) groups is 2. The third-order valence-electron chi connectivity index (χ3n) is 4.73. The number of fused-ring (bicyclic) bond motifs is 1. The summed E-state index contributed by atoms with van der Waals surface area (Å²) in [7, 11) is 1.58. The Morgan fingerprint density at radius 3 is 2.64 bits per heavy atom. The van der Waals surface area contributed by atoms with Gasteiger partial charge < -0.3 is 10.6 Å². The summed E-state index contributed by atoms with van der Waals surface area (Å²) in [6, 6.07) is 5.91. The van der Waals surface area contributed by atoms with Crippen molar-refractivity contribution in [1.82, 2.24) is 5.32 Å². The minimum Gasteiger partial charge on any atom is -0.355 e. The molecule has 0 saturated heterocycles. The number of carbonyl (C=O) groups excluding carboxylic acids is 2. The molecule has 7 nitrogen and oxygen atoms in total. The molecule has 1 heterocycles. The van der Waals surface area contributed by atoms with Crippen LogP contribution < -0.4 is 10.6 Å². The van der Waals surface area contributed by atoms with Crippen molar-refractivity contribution in [2.45, 2.75) is 26.2 Å². The van der Waals surface area contributed by atoms with Crippen LogP contribution in [-0.2, 0) is 17.6 Å². The van der Waals surface area contributed by atoms with Crippen molar-refractivity contribution in [3.63, 3.8) is 0 Å². The molecule has 28 heavy (non-hydrogen) atoms. The molecule has 0 unspecified atom stereocenters. The molecule has 0 saturated carbocycles. The van der Waals surface area contributed by atoms with Crippen LogP contribution >= 0.6 is 11.3 Å². The normalized spacial score (nSPS) is 15.9. The Balaban J connectivity index is 1.78. The van der Waals surface area contributed by atoms with Crippen LogP contribution in [-0.4, -0.2) is 23.8 Å². The zero-order chi connectivity index (χ0) is 20.3. The fraction of sp³-hybridized carbons (Fsp3) is 0.300. The molecule has 1 atom stereocenters. The van der Waals surface area contributed by atoms with E-state index in [1.54, 1.807) is 25.3 Å². The maximum atomic E-state index is 12.4. The maximum Gasteiger partial charge on any atom is 0.269 e.